The van der Waals surface area contributed by atoms with Crippen molar-refractivity contribution in [2.45, 2.75) is 0 Å². The lowest BCUT2D eigenvalue weighted by atomic mass is 10.0. The van der Waals surface area contributed by atoms with Crippen LogP contribution < -0.4 is 10.2 Å². The van der Waals surface area contributed by atoms with Crippen molar-refractivity contribution in [1.82, 2.24) is 5.32 Å². The Hall–Kier alpha value is -2.78. The number of nitrogens with zero attached hydrogens (tertiary/aromatic N) is 1. The van der Waals surface area contributed by atoms with Crippen LogP contribution in [0.1, 0.15) is 10.4 Å². The predicted octanol–water partition coefficient (Wildman–Crippen LogP) is 4.85. The van der Waals surface area contributed by atoms with Crippen LogP contribution in [0, 0.1) is 0 Å². The van der Waals surface area contributed by atoms with E-state index < -0.39 is 0 Å². The molecule has 0 saturated carbocycles. The molecule has 0 aliphatic carbocycles. The highest BCUT2D eigenvalue weighted by molar-refractivity contribution is 6.30. The van der Waals surface area contributed by atoms with Gasteiger partial charge in [0.1, 0.15) is 0 Å². The van der Waals surface area contributed by atoms with E-state index in [1.54, 1.807) is 0 Å². The number of amides is 1. The summed E-state index contributed by atoms with van der Waals surface area (Å²) in [6.07, 6.45) is 0. The number of carbonyl (C=O) groups is 1. The molecule has 0 bridgehead atoms. The van der Waals surface area contributed by atoms with Crippen LogP contribution in [0.4, 0.5) is 11.4 Å². The van der Waals surface area contributed by atoms with Crippen LogP contribution >= 0.6 is 11.6 Å². The van der Waals surface area contributed by atoms with Crippen molar-refractivity contribution in [2.75, 3.05) is 11.6 Å². The van der Waals surface area contributed by atoms with Gasteiger partial charge in [-0.2, -0.15) is 0 Å². The number of carbonyl (C=O) groups excluding carboxylic acids is 1. The molecule has 1 N–H and O–H groups in total. The number of halogens is 1. The predicted molar refractivity (Wildman–Crippen MR) is 97.8 cm³/mol. The van der Waals surface area contributed by atoms with Gasteiger partial charge in [-0.25, -0.2) is 0 Å². The third-order valence-electron chi connectivity index (χ3n) is 4.19. The van der Waals surface area contributed by atoms with Gasteiger partial charge < -0.3 is 10.2 Å². The Bertz CT molecular complexity index is 888. The van der Waals surface area contributed by atoms with Crippen LogP contribution in [-0.4, -0.2) is 12.6 Å². The molecule has 1 aliphatic rings. The van der Waals surface area contributed by atoms with E-state index in [4.69, 9.17) is 11.6 Å². The molecule has 3 aromatic rings. The zero-order valence-electron chi connectivity index (χ0n) is 12.9. The molecule has 0 fully saturated rings. The number of anilines is 2. The highest BCUT2D eigenvalue weighted by atomic mass is 35.5. The molecule has 0 aromatic heterocycles. The molecule has 118 valence electrons. The Morgan fingerprint density at radius 3 is 2.17 bits per heavy atom. The first-order valence-electron chi connectivity index (χ1n) is 7.73. The van der Waals surface area contributed by atoms with E-state index in [0.717, 1.165) is 27.5 Å². The third kappa shape index (κ3) is 2.63. The average Bonchev–Trinajstić information content (AvgIpc) is 2.63. The van der Waals surface area contributed by atoms with Gasteiger partial charge in [0.05, 0.1) is 17.9 Å². The minimum Gasteiger partial charge on any atom is -0.334 e. The Morgan fingerprint density at radius 2 is 1.46 bits per heavy atom. The molecule has 0 radical (unpaired) electrons. The summed E-state index contributed by atoms with van der Waals surface area (Å²) in [5.41, 5.74) is 4.93. The van der Waals surface area contributed by atoms with Crippen LogP contribution in [-0.2, 0) is 0 Å². The van der Waals surface area contributed by atoms with E-state index in [1.165, 1.54) is 0 Å². The maximum atomic E-state index is 12.0. The fourth-order valence-electron chi connectivity index (χ4n) is 2.94. The van der Waals surface area contributed by atoms with Crippen LogP contribution in [0.2, 0.25) is 5.02 Å². The van der Waals surface area contributed by atoms with Crippen LogP contribution in [0.3, 0.4) is 0 Å². The standard InChI is InChI=1S/C20H15ClN2O/c21-16-9-5-14(6-10-16)15-7-11-17(12-8-15)23-13-22-20(24)18-3-1-2-4-19(18)23/h1-12H,13H2,(H,22,24). The third-order valence-corrected chi connectivity index (χ3v) is 4.45. The van der Waals surface area contributed by atoms with E-state index in [-0.39, 0.29) is 5.91 Å². The van der Waals surface area contributed by atoms with Gasteiger partial charge in [0.15, 0.2) is 0 Å². The highest BCUT2D eigenvalue weighted by Gasteiger charge is 2.22. The second kappa shape index (κ2) is 6.02. The SMILES string of the molecule is O=C1NCN(c2ccc(-c3ccc(Cl)cc3)cc2)c2ccccc21. The maximum absolute atomic E-state index is 12.0. The summed E-state index contributed by atoms with van der Waals surface area (Å²) in [5, 5.41) is 3.64. The van der Waals surface area contributed by atoms with Gasteiger partial charge in [-0.15, -0.1) is 0 Å². The molecule has 1 heterocycles. The molecule has 0 atom stereocenters. The van der Waals surface area contributed by atoms with Crippen LogP contribution in [0.15, 0.2) is 72.8 Å². The van der Waals surface area contributed by atoms with Gasteiger partial charge in [-0.3, -0.25) is 4.79 Å². The Labute approximate surface area is 145 Å². The highest BCUT2D eigenvalue weighted by Crippen LogP contribution is 2.32. The van der Waals surface area contributed by atoms with Gasteiger partial charge in [-0.1, -0.05) is 48.0 Å². The molecule has 0 saturated heterocycles. The Balaban J connectivity index is 1.67. The summed E-state index contributed by atoms with van der Waals surface area (Å²) in [6, 6.07) is 23.7. The van der Waals surface area contributed by atoms with Gasteiger partial charge in [0.25, 0.3) is 5.91 Å². The van der Waals surface area contributed by atoms with Crippen molar-refractivity contribution in [3.63, 3.8) is 0 Å². The molecule has 3 nitrogen and oxygen atoms in total. The number of hydrogen-bond acceptors (Lipinski definition) is 2. The molecule has 4 heteroatoms. The smallest absolute Gasteiger partial charge is 0.254 e. The van der Waals surface area contributed by atoms with Crippen molar-refractivity contribution in [3.05, 3.63) is 83.4 Å². The molecule has 0 spiro atoms. The van der Waals surface area contributed by atoms with Crippen molar-refractivity contribution in [3.8, 4) is 11.1 Å². The summed E-state index contributed by atoms with van der Waals surface area (Å²) >= 11 is 5.94. The summed E-state index contributed by atoms with van der Waals surface area (Å²) in [7, 11) is 0. The molecule has 4 rings (SSSR count). The van der Waals surface area contributed by atoms with Crippen LogP contribution in [0.5, 0.6) is 0 Å². The van der Waals surface area contributed by atoms with E-state index in [1.807, 2.05) is 48.5 Å². The summed E-state index contributed by atoms with van der Waals surface area (Å²) in [4.78, 5) is 14.1. The number of fused-ring (bicyclic) bond motifs is 1. The topological polar surface area (TPSA) is 32.3 Å². The average molecular weight is 335 g/mol. The Morgan fingerprint density at radius 1 is 0.833 bits per heavy atom. The number of hydrogen-bond donors (Lipinski definition) is 1. The number of rotatable bonds is 2. The second-order valence-electron chi connectivity index (χ2n) is 5.66. The quantitative estimate of drug-likeness (QED) is 0.727. The lowest BCUT2D eigenvalue weighted by Gasteiger charge is -2.31. The minimum absolute atomic E-state index is 0.0281. The number of para-hydroxylation sites is 1. The number of nitrogens with one attached hydrogen (secondary N) is 1. The molecule has 24 heavy (non-hydrogen) atoms. The lowest BCUT2D eigenvalue weighted by Crippen LogP contribution is -2.40. The largest absolute Gasteiger partial charge is 0.334 e. The van der Waals surface area contributed by atoms with Gasteiger partial charge in [-0.05, 0) is 47.5 Å². The second-order valence-corrected chi connectivity index (χ2v) is 6.10. The zero-order chi connectivity index (χ0) is 16.5. The monoisotopic (exact) mass is 334 g/mol. The van der Waals surface area contributed by atoms with Crippen molar-refractivity contribution < 1.29 is 4.79 Å². The van der Waals surface area contributed by atoms with Crippen LogP contribution in [0.25, 0.3) is 11.1 Å². The first-order chi connectivity index (χ1) is 11.7. The fraction of sp³-hybridized carbons (Fsp3) is 0.0500. The summed E-state index contributed by atoms with van der Waals surface area (Å²) in [6.45, 7) is 0.468. The maximum Gasteiger partial charge on any atom is 0.254 e. The van der Waals surface area contributed by atoms with E-state index >= 15 is 0 Å². The first-order valence-corrected chi connectivity index (χ1v) is 8.11. The molecular formula is C20H15ClN2O. The lowest BCUT2D eigenvalue weighted by molar-refractivity contribution is 0.0949. The van der Waals surface area contributed by atoms with Crippen molar-refractivity contribution in [2.24, 2.45) is 0 Å². The first kappa shape index (κ1) is 14.8. The Kier molecular flexibility index (Phi) is 3.71. The van der Waals surface area contributed by atoms with E-state index in [9.17, 15) is 4.79 Å². The molecule has 1 aliphatic heterocycles. The van der Waals surface area contributed by atoms with E-state index in [0.29, 0.717) is 12.2 Å². The molecular weight excluding hydrogens is 320 g/mol. The molecule has 1 amide bonds. The van der Waals surface area contributed by atoms with Crippen molar-refractivity contribution in [1.29, 1.82) is 0 Å². The summed E-state index contributed by atoms with van der Waals surface area (Å²) in [5.74, 6) is -0.0281. The van der Waals surface area contributed by atoms with Gasteiger partial charge in [0.2, 0.25) is 0 Å². The van der Waals surface area contributed by atoms with Gasteiger partial charge >= 0.3 is 0 Å². The fourth-order valence-corrected chi connectivity index (χ4v) is 3.06. The van der Waals surface area contributed by atoms with E-state index in [2.05, 4.69) is 34.5 Å². The molecule has 3 aromatic carbocycles. The summed E-state index contributed by atoms with van der Waals surface area (Å²) < 4.78 is 0. The number of benzene rings is 3. The zero-order valence-corrected chi connectivity index (χ0v) is 13.6. The normalized spacial score (nSPS) is 13.4. The van der Waals surface area contributed by atoms with Gasteiger partial charge in [0, 0.05) is 10.7 Å². The molecule has 0 unspecified atom stereocenters. The van der Waals surface area contributed by atoms with Crippen molar-refractivity contribution >= 4 is 28.9 Å². The minimum atomic E-state index is -0.0281.